The smallest absolute Gasteiger partial charge is 0.264 e. The van der Waals surface area contributed by atoms with Crippen molar-refractivity contribution in [2.24, 2.45) is 0 Å². The number of halogens is 1. The molecular weight excluding hydrogens is 580 g/mol. The molecule has 0 saturated carbocycles. The quantitative estimate of drug-likeness (QED) is 0.182. The number of carbonyl (C=O) groups excluding carboxylic acids is 1. The second kappa shape index (κ2) is 13.3. The van der Waals surface area contributed by atoms with Crippen LogP contribution in [0.5, 0.6) is 11.5 Å². The fraction of sp³-hybridized carbons (Fsp3) is 0.194. The molecule has 0 heterocycles. The monoisotopic (exact) mass is 610 g/mol. The van der Waals surface area contributed by atoms with Crippen LogP contribution in [0.4, 0.5) is 11.4 Å². The normalized spacial score (nSPS) is 11.1. The standard InChI is InChI=1S/C31H31ClN2O5S2/c1-21-15-22(2)17-25(16-21)34(41(36,37)26-13-14-28(38-3)29(18-26)39-4)19-31(35)33-27-7-5-6-8-30(27)40-20-23-9-11-24(32)12-10-23/h5-18H,19-20H2,1-4H3,(H,33,35). The van der Waals surface area contributed by atoms with Gasteiger partial charge in [0.1, 0.15) is 6.54 Å². The number of hydrogen-bond acceptors (Lipinski definition) is 6. The predicted octanol–water partition coefficient (Wildman–Crippen LogP) is 7.10. The third kappa shape index (κ3) is 7.55. The highest BCUT2D eigenvalue weighted by Gasteiger charge is 2.29. The highest BCUT2D eigenvalue weighted by molar-refractivity contribution is 7.98. The topological polar surface area (TPSA) is 84.9 Å². The van der Waals surface area contributed by atoms with E-state index in [2.05, 4.69) is 5.32 Å². The predicted molar refractivity (Wildman–Crippen MR) is 166 cm³/mol. The number of nitrogens with one attached hydrogen (secondary N) is 1. The SMILES string of the molecule is COc1ccc(S(=O)(=O)N(CC(=O)Nc2ccccc2SCc2ccc(Cl)cc2)c2cc(C)cc(C)c2)cc1OC. The Labute approximate surface area is 250 Å². The minimum atomic E-state index is -4.17. The van der Waals surface area contributed by atoms with Crippen LogP contribution in [0.15, 0.2) is 94.7 Å². The molecular formula is C31H31ClN2O5S2. The number of sulfonamides is 1. The summed E-state index contributed by atoms with van der Waals surface area (Å²) in [7, 11) is -1.26. The van der Waals surface area contributed by atoms with Gasteiger partial charge in [0.15, 0.2) is 11.5 Å². The first-order chi connectivity index (χ1) is 19.6. The Hall–Kier alpha value is -3.66. The van der Waals surface area contributed by atoms with E-state index in [1.165, 1.54) is 32.4 Å². The lowest BCUT2D eigenvalue weighted by Crippen LogP contribution is -2.38. The van der Waals surface area contributed by atoms with Crippen LogP contribution in [0.25, 0.3) is 0 Å². The molecule has 214 valence electrons. The number of thioether (sulfide) groups is 1. The number of ether oxygens (including phenoxy) is 2. The number of anilines is 2. The number of methoxy groups -OCH3 is 2. The number of rotatable bonds is 11. The summed E-state index contributed by atoms with van der Waals surface area (Å²) in [5, 5.41) is 3.59. The molecule has 0 atom stereocenters. The Morgan fingerprint density at radius 1 is 0.878 bits per heavy atom. The molecule has 0 aliphatic carbocycles. The second-order valence-corrected chi connectivity index (χ2v) is 12.6. The first-order valence-electron chi connectivity index (χ1n) is 12.7. The van der Waals surface area contributed by atoms with E-state index in [1.54, 1.807) is 30.0 Å². The molecule has 1 amide bonds. The summed E-state index contributed by atoms with van der Waals surface area (Å²) < 4.78 is 39.7. The average Bonchev–Trinajstić information content (AvgIpc) is 2.95. The van der Waals surface area contributed by atoms with Crippen LogP contribution in [0.1, 0.15) is 16.7 Å². The number of aryl methyl sites for hydroxylation is 2. The van der Waals surface area contributed by atoms with Gasteiger partial charge in [0.05, 0.1) is 30.5 Å². The van der Waals surface area contributed by atoms with E-state index >= 15 is 0 Å². The summed E-state index contributed by atoms with van der Waals surface area (Å²) in [6.07, 6.45) is 0. The zero-order valence-corrected chi connectivity index (χ0v) is 25.6. The molecule has 0 saturated heterocycles. The van der Waals surface area contributed by atoms with Gasteiger partial charge in [0, 0.05) is 21.7 Å². The maximum Gasteiger partial charge on any atom is 0.264 e. The van der Waals surface area contributed by atoms with Crippen molar-refractivity contribution in [2.45, 2.75) is 29.4 Å². The van der Waals surface area contributed by atoms with Crippen molar-refractivity contribution in [1.82, 2.24) is 0 Å². The third-order valence-corrected chi connectivity index (χ3v) is 9.36. The molecule has 0 radical (unpaired) electrons. The minimum absolute atomic E-state index is 0.0268. The Balaban J connectivity index is 1.63. The fourth-order valence-electron chi connectivity index (χ4n) is 4.27. The molecule has 0 spiro atoms. The molecule has 0 aliphatic rings. The largest absolute Gasteiger partial charge is 0.493 e. The fourth-order valence-corrected chi connectivity index (χ4v) is 6.78. The van der Waals surface area contributed by atoms with Crippen molar-refractivity contribution in [3.63, 3.8) is 0 Å². The number of benzene rings is 4. The van der Waals surface area contributed by atoms with Gasteiger partial charge in [0.2, 0.25) is 5.91 Å². The summed E-state index contributed by atoms with van der Waals surface area (Å²) in [5.74, 6) is 0.861. The summed E-state index contributed by atoms with van der Waals surface area (Å²) in [6, 6.07) is 24.8. The van der Waals surface area contributed by atoms with Crippen molar-refractivity contribution in [3.8, 4) is 11.5 Å². The molecule has 41 heavy (non-hydrogen) atoms. The second-order valence-electron chi connectivity index (χ2n) is 9.33. The lowest BCUT2D eigenvalue weighted by Gasteiger charge is -2.25. The van der Waals surface area contributed by atoms with E-state index in [1.807, 2.05) is 62.4 Å². The van der Waals surface area contributed by atoms with Crippen molar-refractivity contribution >= 4 is 50.7 Å². The molecule has 0 aliphatic heterocycles. The van der Waals surface area contributed by atoms with Crippen molar-refractivity contribution in [1.29, 1.82) is 0 Å². The number of carbonyl (C=O) groups is 1. The number of nitrogens with zero attached hydrogens (tertiary/aromatic N) is 1. The molecule has 0 unspecified atom stereocenters. The maximum absolute atomic E-state index is 14.0. The molecule has 0 bridgehead atoms. The van der Waals surface area contributed by atoms with Gasteiger partial charge in [-0.25, -0.2) is 8.42 Å². The molecule has 10 heteroatoms. The van der Waals surface area contributed by atoms with E-state index in [-0.39, 0.29) is 10.6 Å². The minimum Gasteiger partial charge on any atom is -0.493 e. The van der Waals surface area contributed by atoms with Gasteiger partial charge in [-0.15, -0.1) is 11.8 Å². The van der Waals surface area contributed by atoms with Gasteiger partial charge in [-0.2, -0.15) is 0 Å². The van der Waals surface area contributed by atoms with E-state index in [0.717, 1.165) is 25.9 Å². The van der Waals surface area contributed by atoms with E-state index < -0.39 is 22.5 Å². The van der Waals surface area contributed by atoms with Crippen molar-refractivity contribution < 1.29 is 22.7 Å². The summed E-state index contributed by atoms with van der Waals surface area (Å²) in [6.45, 7) is 3.33. The Kier molecular flexibility index (Phi) is 9.86. The van der Waals surface area contributed by atoms with Crippen molar-refractivity contribution in [3.05, 3.63) is 107 Å². The van der Waals surface area contributed by atoms with E-state index in [9.17, 15) is 13.2 Å². The molecule has 4 aromatic carbocycles. The lowest BCUT2D eigenvalue weighted by atomic mass is 10.1. The number of para-hydroxylation sites is 1. The zero-order valence-electron chi connectivity index (χ0n) is 23.2. The third-order valence-electron chi connectivity index (χ3n) is 6.19. The Morgan fingerprint density at radius 2 is 1.54 bits per heavy atom. The summed E-state index contributed by atoms with van der Waals surface area (Å²) in [5.41, 5.74) is 3.81. The van der Waals surface area contributed by atoms with Crippen LogP contribution in [-0.2, 0) is 20.6 Å². The molecule has 0 fully saturated rings. The van der Waals surface area contributed by atoms with Crippen LogP contribution < -0.4 is 19.1 Å². The maximum atomic E-state index is 14.0. The molecule has 0 aromatic heterocycles. The van der Waals surface area contributed by atoms with Crippen LogP contribution >= 0.6 is 23.4 Å². The Morgan fingerprint density at radius 3 is 2.20 bits per heavy atom. The van der Waals surface area contributed by atoms with Crippen molar-refractivity contribution in [2.75, 3.05) is 30.4 Å². The Bertz CT molecular complexity index is 1620. The van der Waals surface area contributed by atoms with Crippen LogP contribution in [0.2, 0.25) is 5.02 Å². The molecule has 7 nitrogen and oxygen atoms in total. The molecule has 4 aromatic rings. The number of amides is 1. The van der Waals surface area contributed by atoms with E-state index in [0.29, 0.717) is 27.9 Å². The van der Waals surface area contributed by atoms with Crippen LogP contribution in [0, 0.1) is 13.8 Å². The first-order valence-corrected chi connectivity index (χ1v) is 15.5. The summed E-state index contributed by atoms with van der Waals surface area (Å²) in [4.78, 5) is 14.3. The first kappa shape index (κ1) is 30.3. The van der Waals surface area contributed by atoms with Gasteiger partial charge in [-0.1, -0.05) is 41.9 Å². The highest BCUT2D eigenvalue weighted by atomic mass is 35.5. The lowest BCUT2D eigenvalue weighted by molar-refractivity contribution is -0.114. The summed E-state index contributed by atoms with van der Waals surface area (Å²) >= 11 is 7.56. The van der Waals surface area contributed by atoms with Crippen LogP contribution in [-0.4, -0.2) is 35.1 Å². The van der Waals surface area contributed by atoms with Gasteiger partial charge >= 0.3 is 0 Å². The molecule has 4 rings (SSSR count). The van der Waals surface area contributed by atoms with Gasteiger partial charge in [-0.05, 0) is 79.1 Å². The zero-order chi connectivity index (χ0) is 29.6. The molecule has 1 N–H and O–H groups in total. The van der Waals surface area contributed by atoms with Gasteiger partial charge < -0.3 is 14.8 Å². The van der Waals surface area contributed by atoms with E-state index in [4.69, 9.17) is 21.1 Å². The highest BCUT2D eigenvalue weighted by Crippen LogP contribution is 2.34. The van der Waals surface area contributed by atoms with Crippen LogP contribution in [0.3, 0.4) is 0 Å². The number of hydrogen-bond donors (Lipinski definition) is 1. The van der Waals surface area contributed by atoms with Gasteiger partial charge in [-0.3, -0.25) is 9.10 Å². The average molecular weight is 611 g/mol. The van der Waals surface area contributed by atoms with Gasteiger partial charge in [0.25, 0.3) is 10.0 Å².